The van der Waals surface area contributed by atoms with E-state index in [1.54, 1.807) is 12.4 Å². The summed E-state index contributed by atoms with van der Waals surface area (Å²) in [5.41, 5.74) is -0.908. The third-order valence-corrected chi connectivity index (χ3v) is 7.43. The molecule has 1 N–H and O–H groups in total. The lowest BCUT2D eigenvalue weighted by Crippen LogP contribution is -2.52. The zero-order valence-electron chi connectivity index (χ0n) is 18.4. The van der Waals surface area contributed by atoms with Gasteiger partial charge in [0, 0.05) is 31.2 Å². The van der Waals surface area contributed by atoms with Gasteiger partial charge >= 0.3 is 5.97 Å². The fourth-order valence-electron chi connectivity index (χ4n) is 5.39. The van der Waals surface area contributed by atoms with E-state index in [0.717, 1.165) is 68.3 Å². The largest absolute Gasteiger partial charge is 0.457 e. The van der Waals surface area contributed by atoms with Crippen LogP contribution in [0.3, 0.4) is 0 Å². The molecule has 2 aliphatic rings. The minimum atomic E-state index is -1.56. The Labute approximate surface area is 184 Å². The average molecular weight is 425 g/mol. The molecule has 2 unspecified atom stereocenters. The normalized spacial score (nSPS) is 25.9. The first-order chi connectivity index (χ1) is 15.0. The summed E-state index contributed by atoms with van der Waals surface area (Å²) in [5, 5.41) is 11.6. The van der Waals surface area contributed by atoms with Gasteiger partial charge in [-0.2, -0.15) is 0 Å². The minimum absolute atomic E-state index is 0.0814. The first-order valence-corrected chi connectivity index (χ1v) is 11.6. The number of ether oxygens (including phenoxy) is 1. The third kappa shape index (κ3) is 4.65. The number of aliphatic hydroxyl groups is 1. The minimum Gasteiger partial charge on any atom is -0.457 e. The summed E-state index contributed by atoms with van der Waals surface area (Å²) >= 11 is 0. The van der Waals surface area contributed by atoms with E-state index in [9.17, 15) is 9.90 Å². The highest BCUT2D eigenvalue weighted by molar-refractivity contribution is 5.81. The molecular formula is C25H34N3O3+. The van der Waals surface area contributed by atoms with Crippen LogP contribution in [0.4, 0.5) is 0 Å². The molecule has 6 heteroatoms. The standard InChI is InChI=1S/C25H34N3O3/c1-28(18-14-23-26-15-8-16-27-23)17-7-13-22(28)19-31-24(29)25(30,21-11-5-6-12-21)20-9-3-2-4-10-20/h2-4,8-10,15-16,21-22,30H,5-7,11-14,17-19H2,1H3/q+1/t22?,25?,28-/m1/s1. The van der Waals surface area contributed by atoms with Crippen LogP contribution in [0.1, 0.15) is 49.9 Å². The van der Waals surface area contributed by atoms with Gasteiger partial charge in [-0.3, -0.25) is 0 Å². The van der Waals surface area contributed by atoms with Crippen molar-refractivity contribution in [3.05, 3.63) is 60.2 Å². The molecule has 6 nitrogen and oxygen atoms in total. The number of quaternary nitrogens is 1. The van der Waals surface area contributed by atoms with E-state index < -0.39 is 11.6 Å². The van der Waals surface area contributed by atoms with Crippen molar-refractivity contribution in [3.63, 3.8) is 0 Å². The monoisotopic (exact) mass is 424 g/mol. The van der Waals surface area contributed by atoms with Crippen molar-refractivity contribution in [2.45, 2.75) is 56.6 Å². The molecule has 1 aromatic heterocycles. The van der Waals surface area contributed by atoms with Crippen LogP contribution in [0.15, 0.2) is 48.8 Å². The molecule has 4 rings (SSSR count). The lowest BCUT2D eigenvalue weighted by atomic mass is 9.80. The number of carbonyl (C=O) groups excluding carboxylic acids is 1. The number of carbonyl (C=O) groups is 1. The fraction of sp³-hybridized carbons (Fsp3) is 0.560. The molecule has 1 saturated carbocycles. The lowest BCUT2D eigenvalue weighted by molar-refractivity contribution is -0.921. The quantitative estimate of drug-likeness (QED) is 0.520. The number of rotatable bonds is 8. The van der Waals surface area contributed by atoms with Crippen LogP contribution < -0.4 is 0 Å². The Morgan fingerprint density at radius 3 is 2.52 bits per heavy atom. The number of hydrogen-bond donors (Lipinski definition) is 1. The fourth-order valence-corrected chi connectivity index (χ4v) is 5.39. The van der Waals surface area contributed by atoms with Crippen molar-refractivity contribution in [3.8, 4) is 0 Å². The number of nitrogens with zero attached hydrogens (tertiary/aromatic N) is 3. The SMILES string of the molecule is C[N@+]1(CCc2ncccn2)CCCC1COC(=O)C(O)(c1ccccc1)C1CCCC1. The Morgan fingerprint density at radius 2 is 1.81 bits per heavy atom. The summed E-state index contributed by atoms with van der Waals surface area (Å²) in [6.07, 6.45) is 10.3. The Morgan fingerprint density at radius 1 is 1.10 bits per heavy atom. The second-order valence-electron chi connectivity index (χ2n) is 9.35. The van der Waals surface area contributed by atoms with E-state index in [1.165, 1.54) is 0 Å². The van der Waals surface area contributed by atoms with Gasteiger partial charge in [0.2, 0.25) is 0 Å². The number of likely N-dealkylation sites (N-methyl/N-ethyl adjacent to an activating group) is 1. The Bertz CT molecular complexity index is 857. The summed E-state index contributed by atoms with van der Waals surface area (Å²) in [6, 6.07) is 11.4. The Kier molecular flexibility index (Phi) is 6.68. The highest BCUT2D eigenvalue weighted by atomic mass is 16.6. The van der Waals surface area contributed by atoms with Gasteiger partial charge in [-0.1, -0.05) is 43.2 Å². The van der Waals surface area contributed by atoms with Crippen molar-refractivity contribution in [2.75, 3.05) is 26.7 Å². The molecule has 0 radical (unpaired) electrons. The second kappa shape index (κ2) is 9.45. The zero-order valence-corrected chi connectivity index (χ0v) is 18.4. The van der Waals surface area contributed by atoms with Crippen LogP contribution >= 0.6 is 0 Å². The summed E-state index contributed by atoms with van der Waals surface area (Å²) in [7, 11) is 2.23. The molecule has 1 aliphatic carbocycles. The number of esters is 1. The number of likely N-dealkylation sites (tertiary alicyclic amines) is 1. The first-order valence-electron chi connectivity index (χ1n) is 11.6. The van der Waals surface area contributed by atoms with Crippen LogP contribution in [-0.4, -0.2) is 58.3 Å². The molecule has 2 heterocycles. The summed E-state index contributed by atoms with van der Waals surface area (Å²) < 4.78 is 6.72. The average Bonchev–Trinajstić information content (AvgIpc) is 3.48. The lowest BCUT2D eigenvalue weighted by Gasteiger charge is -2.37. The predicted molar refractivity (Wildman–Crippen MR) is 118 cm³/mol. The van der Waals surface area contributed by atoms with Crippen LogP contribution in [0.2, 0.25) is 0 Å². The highest BCUT2D eigenvalue weighted by Crippen LogP contribution is 2.41. The molecule has 1 aliphatic heterocycles. The third-order valence-electron chi connectivity index (χ3n) is 7.43. The van der Waals surface area contributed by atoms with Crippen molar-refractivity contribution >= 4 is 5.97 Å². The molecule has 166 valence electrons. The topological polar surface area (TPSA) is 72.3 Å². The van der Waals surface area contributed by atoms with Gasteiger partial charge in [0.05, 0.1) is 26.6 Å². The van der Waals surface area contributed by atoms with Crippen LogP contribution in [0, 0.1) is 5.92 Å². The maximum Gasteiger partial charge on any atom is 0.343 e. The number of benzene rings is 1. The zero-order chi connectivity index (χ0) is 21.7. The number of hydrogen-bond acceptors (Lipinski definition) is 5. The summed E-state index contributed by atoms with van der Waals surface area (Å²) in [6.45, 7) is 2.31. The van der Waals surface area contributed by atoms with E-state index >= 15 is 0 Å². The predicted octanol–water partition coefficient (Wildman–Crippen LogP) is 3.25. The van der Waals surface area contributed by atoms with Gasteiger partial charge in [0.25, 0.3) is 0 Å². The van der Waals surface area contributed by atoms with E-state index in [4.69, 9.17) is 4.74 Å². The smallest absolute Gasteiger partial charge is 0.343 e. The summed E-state index contributed by atoms with van der Waals surface area (Å²) in [4.78, 5) is 22.0. The van der Waals surface area contributed by atoms with Crippen molar-refractivity contribution in [2.24, 2.45) is 5.92 Å². The highest BCUT2D eigenvalue weighted by Gasteiger charge is 2.48. The van der Waals surface area contributed by atoms with E-state index in [2.05, 4.69) is 17.0 Å². The van der Waals surface area contributed by atoms with Gasteiger partial charge in [-0.05, 0) is 24.5 Å². The number of aromatic nitrogens is 2. The van der Waals surface area contributed by atoms with Gasteiger partial charge in [-0.25, -0.2) is 14.8 Å². The van der Waals surface area contributed by atoms with Crippen LogP contribution in [0.5, 0.6) is 0 Å². The second-order valence-corrected chi connectivity index (χ2v) is 9.35. The first kappa shape index (κ1) is 21.9. The van der Waals surface area contributed by atoms with Crippen molar-refractivity contribution < 1.29 is 19.1 Å². The van der Waals surface area contributed by atoms with Gasteiger partial charge in [0.15, 0.2) is 5.60 Å². The van der Waals surface area contributed by atoms with Crippen molar-refractivity contribution in [1.29, 1.82) is 0 Å². The van der Waals surface area contributed by atoms with Crippen LogP contribution in [-0.2, 0) is 21.6 Å². The van der Waals surface area contributed by atoms with E-state index in [0.29, 0.717) is 12.2 Å². The van der Waals surface area contributed by atoms with Gasteiger partial charge < -0.3 is 14.3 Å². The molecular weight excluding hydrogens is 390 g/mol. The van der Waals surface area contributed by atoms with Crippen molar-refractivity contribution in [1.82, 2.24) is 9.97 Å². The maximum absolute atomic E-state index is 13.3. The Balaban J connectivity index is 1.43. The van der Waals surface area contributed by atoms with Gasteiger partial charge in [0.1, 0.15) is 18.5 Å². The molecule has 31 heavy (non-hydrogen) atoms. The molecule has 0 spiro atoms. The van der Waals surface area contributed by atoms with E-state index in [1.807, 2.05) is 36.4 Å². The molecule has 2 fully saturated rings. The molecule has 1 saturated heterocycles. The van der Waals surface area contributed by atoms with Crippen LogP contribution in [0.25, 0.3) is 0 Å². The molecule has 0 bridgehead atoms. The molecule has 1 aromatic carbocycles. The molecule has 3 atom stereocenters. The molecule has 2 aromatic rings. The van der Waals surface area contributed by atoms with E-state index in [-0.39, 0.29) is 12.0 Å². The maximum atomic E-state index is 13.3. The van der Waals surface area contributed by atoms with Gasteiger partial charge in [-0.15, -0.1) is 0 Å². The molecule has 0 amide bonds. The summed E-state index contributed by atoms with van der Waals surface area (Å²) in [5.74, 6) is 0.279. The Hall–Kier alpha value is -2.31.